The van der Waals surface area contributed by atoms with E-state index in [1.54, 1.807) is 6.20 Å². The molecule has 1 amide bonds. The molecule has 1 spiro atoms. The Kier molecular flexibility index (Phi) is 6.69. The van der Waals surface area contributed by atoms with Crippen molar-refractivity contribution >= 4 is 17.6 Å². The molecule has 1 saturated carbocycles. The maximum Gasteiger partial charge on any atom is 0.251 e. The van der Waals surface area contributed by atoms with Gasteiger partial charge in [0.15, 0.2) is 0 Å². The first-order chi connectivity index (χ1) is 17.8. The van der Waals surface area contributed by atoms with Gasteiger partial charge in [0.25, 0.3) is 5.91 Å². The summed E-state index contributed by atoms with van der Waals surface area (Å²) in [6, 6.07) is 17.6. The molecule has 1 aliphatic heterocycles. The van der Waals surface area contributed by atoms with Crippen molar-refractivity contribution in [1.29, 1.82) is 0 Å². The fourth-order valence-corrected chi connectivity index (χ4v) is 5.15. The van der Waals surface area contributed by atoms with Crippen LogP contribution in [0.3, 0.4) is 0 Å². The number of hydrogen-bond donors (Lipinski definition) is 2. The van der Waals surface area contributed by atoms with Crippen molar-refractivity contribution in [2.45, 2.75) is 38.7 Å². The van der Waals surface area contributed by atoms with E-state index in [1.165, 1.54) is 0 Å². The van der Waals surface area contributed by atoms with Crippen LogP contribution in [0.1, 0.15) is 53.9 Å². The van der Waals surface area contributed by atoms with Crippen LogP contribution in [0.2, 0.25) is 0 Å². The number of rotatable bonds is 9. The number of ether oxygens (including phenoxy) is 1. The van der Waals surface area contributed by atoms with Gasteiger partial charge in [0.2, 0.25) is 5.95 Å². The molecule has 2 heterocycles. The molecule has 5 rings (SSSR count). The summed E-state index contributed by atoms with van der Waals surface area (Å²) in [6.07, 6.45) is 3.14. The number of carbonyl (C=O) groups excluding carboxylic acids is 2. The molecule has 0 unspecified atom stereocenters. The smallest absolute Gasteiger partial charge is 0.251 e. The van der Waals surface area contributed by atoms with Crippen LogP contribution in [-0.4, -0.2) is 47.8 Å². The lowest BCUT2D eigenvalue weighted by Crippen LogP contribution is -2.63. The molecule has 1 saturated heterocycles. The fourth-order valence-electron chi connectivity index (χ4n) is 5.15. The Labute approximate surface area is 217 Å². The van der Waals surface area contributed by atoms with Crippen molar-refractivity contribution in [3.8, 4) is 5.75 Å². The molecular weight excluding hydrogens is 466 g/mol. The highest BCUT2D eigenvalue weighted by Crippen LogP contribution is 2.46. The van der Waals surface area contributed by atoms with E-state index in [1.807, 2.05) is 42.5 Å². The largest absolute Gasteiger partial charge is 0.487 e. The fraction of sp³-hybridized carbons (Fsp3) is 0.379. The normalized spacial score (nSPS) is 16.2. The van der Waals surface area contributed by atoms with Crippen molar-refractivity contribution in [3.05, 3.63) is 83.2 Å². The molecule has 0 atom stereocenters. The number of amides is 1. The number of nitrogens with two attached hydrogens (primary N) is 1. The minimum Gasteiger partial charge on any atom is -0.487 e. The van der Waals surface area contributed by atoms with Gasteiger partial charge in [0.05, 0.1) is 5.69 Å². The Balaban J connectivity index is 1.18. The molecule has 192 valence electrons. The first-order valence-electron chi connectivity index (χ1n) is 12.7. The van der Waals surface area contributed by atoms with Crippen LogP contribution < -0.4 is 20.7 Å². The summed E-state index contributed by atoms with van der Waals surface area (Å²) in [6.45, 7) is 7.25. The number of nitrogens with zero attached hydrogens (tertiary/aromatic N) is 3. The zero-order chi connectivity index (χ0) is 26.0. The van der Waals surface area contributed by atoms with Crippen LogP contribution in [0, 0.1) is 5.41 Å². The molecule has 8 nitrogen and oxygen atoms in total. The second-order valence-corrected chi connectivity index (χ2v) is 10.7. The predicted octanol–water partition coefficient (Wildman–Crippen LogP) is 3.24. The van der Waals surface area contributed by atoms with E-state index in [2.05, 4.69) is 46.2 Å². The van der Waals surface area contributed by atoms with E-state index in [4.69, 9.17) is 10.5 Å². The van der Waals surface area contributed by atoms with Gasteiger partial charge in [-0.05, 0) is 41.5 Å². The molecule has 2 aromatic carbocycles. The zero-order valence-corrected chi connectivity index (χ0v) is 21.4. The summed E-state index contributed by atoms with van der Waals surface area (Å²) in [5, 5.41) is 2.79. The summed E-state index contributed by atoms with van der Waals surface area (Å²) in [7, 11) is 0. The molecule has 1 aliphatic carbocycles. The summed E-state index contributed by atoms with van der Waals surface area (Å²) < 4.78 is 6.01. The van der Waals surface area contributed by atoms with Gasteiger partial charge < -0.3 is 20.7 Å². The van der Waals surface area contributed by atoms with Crippen molar-refractivity contribution < 1.29 is 14.3 Å². The molecule has 1 aromatic heterocycles. The number of nitrogens with one attached hydrogen (secondary N) is 1. The quantitative estimate of drug-likeness (QED) is 0.465. The monoisotopic (exact) mass is 499 g/mol. The summed E-state index contributed by atoms with van der Waals surface area (Å²) >= 11 is 0. The van der Waals surface area contributed by atoms with Crippen molar-refractivity contribution in [2.75, 3.05) is 31.1 Å². The van der Waals surface area contributed by atoms with Gasteiger partial charge >= 0.3 is 0 Å². The van der Waals surface area contributed by atoms with Crippen LogP contribution in [0.4, 0.5) is 5.95 Å². The van der Waals surface area contributed by atoms with Gasteiger partial charge in [0.1, 0.15) is 18.1 Å². The average Bonchev–Trinajstić information content (AvgIpc) is 2.87. The minimum atomic E-state index is -0.244. The maximum absolute atomic E-state index is 12.2. The van der Waals surface area contributed by atoms with Crippen LogP contribution >= 0.6 is 0 Å². The number of anilines is 1. The zero-order valence-electron chi connectivity index (χ0n) is 21.4. The Hall–Kier alpha value is -3.78. The summed E-state index contributed by atoms with van der Waals surface area (Å²) in [5.41, 5.74) is 9.08. The summed E-state index contributed by atoms with van der Waals surface area (Å²) in [5.74, 6) is 1.71. The highest BCUT2D eigenvalue weighted by Gasteiger charge is 2.52. The van der Waals surface area contributed by atoms with Gasteiger partial charge in [-0.2, -0.15) is 0 Å². The number of hydrogen-bond acceptors (Lipinski definition) is 7. The third kappa shape index (κ3) is 5.20. The lowest BCUT2D eigenvalue weighted by Gasteiger charge is -2.54. The Morgan fingerprint density at radius 1 is 1.05 bits per heavy atom. The van der Waals surface area contributed by atoms with E-state index in [-0.39, 0.29) is 16.7 Å². The molecule has 0 bridgehead atoms. The van der Waals surface area contributed by atoms with E-state index >= 15 is 0 Å². The number of Topliss-reactive ketones (excluding diaryl/α,β-unsaturated/α-hetero) is 1. The van der Waals surface area contributed by atoms with Crippen LogP contribution in [-0.2, 0) is 16.8 Å². The van der Waals surface area contributed by atoms with E-state index in [0.29, 0.717) is 49.8 Å². The molecule has 2 fully saturated rings. The Morgan fingerprint density at radius 3 is 2.32 bits per heavy atom. The average molecular weight is 500 g/mol. The molecule has 0 radical (unpaired) electrons. The van der Waals surface area contributed by atoms with Gasteiger partial charge in [0, 0.05) is 61.6 Å². The highest BCUT2D eigenvalue weighted by atomic mass is 16.5. The first-order valence-corrected chi connectivity index (χ1v) is 12.7. The molecule has 8 heteroatoms. The van der Waals surface area contributed by atoms with Gasteiger partial charge in [-0.25, -0.2) is 9.97 Å². The molecular formula is C29H33N5O3. The molecule has 37 heavy (non-hydrogen) atoms. The van der Waals surface area contributed by atoms with Gasteiger partial charge in [-0.3, -0.25) is 9.59 Å². The first kappa shape index (κ1) is 24.9. The lowest BCUT2D eigenvalue weighted by atomic mass is 9.63. The second-order valence-electron chi connectivity index (χ2n) is 10.7. The number of carbonyl (C=O) groups is 2. The maximum atomic E-state index is 12.2. The van der Waals surface area contributed by atoms with E-state index < -0.39 is 0 Å². The third-order valence-electron chi connectivity index (χ3n) is 7.44. The molecule has 3 aromatic rings. The Bertz CT molecular complexity index is 1270. The lowest BCUT2D eigenvalue weighted by molar-refractivity contribution is -0.134. The van der Waals surface area contributed by atoms with Gasteiger partial charge in [-0.1, -0.05) is 38.1 Å². The number of benzene rings is 2. The second kappa shape index (κ2) is 9.94. The van der Waals surface area contributed by atoms with E-state index in [9.17, 15) is 9.59 Å². The molecule has 2 aliphatic rings. The van der Waals surface area contributed by atoms with E-state index in [0.717, 1.165) is 35.7 Å². The predicted molar refractivity (Wildman–Crippen MR) is 142 cm³/mol. The summed E-state index contributed by atoms with van der Waals surface area (Å²) in [4.78, 5) is 34.7. The van der Waals surface area contributed by atoms with Crippen molar-refractivity contribution in [2.24, 2.45) is 11.1 Å². The highest BCUT2D eigenvalue weighted by molar-refractivity contribution is 5.94. The van der Waals surface area contributed by atoms with Crippen LogP contribution in [0.5, 0.6) is 5.75 Å². The SMILES string of the molecule is CC(C)(c1ccc(OCc2ccnc(N3CC4(CC(=O)C4)C3)n2)cc1)c1ccc(C(=O)NCCN)cc1. The topological polar surface area (TPSA) is 110 Å². The van der Waals surface area contributed by atoms with Crippen molar-refractivity contribution in [3.63, 3.8) is 0 Å². The minimum absolute atomic E-state index is 0.115. The standard InChI is InChI=1S/C29H33N5O3/c1-28(2,21-5-3-20(4-6-21)26(36)31-14-12-30)22-7-9-25(10-8-22)37-17-23-11-13-32-27(33-23)34-18-29(19-34)15-24(35)16-29/h3-11,13H,12,14-19,30H2,1-2H3,(H,31,36). The van der Waals surface area contributed by atoms with Crippen LogP contribution in [0.15, 0.2) is 60.8 Å². The van der Waals surface area contributed by atoms with Gasteiger partial charge in [-0.15, -0.1) is 0 Å². The number of aromatic nitrogens is 2. The van der Waals surface area contributed by atoms with Crippen molar-refractivity contribution in [1.82, 2.24) is 15.3 Å². The molecule has 3 N–H and O–H groups in total. The Morgan fingerprint density at radius 2 is 1.70 bits per heavy atom. The third-order valence-corrected chi connectivity index (χ3v) is 7.44. The van der Waals surface area contributed by atoms with Crippen LogP contribution in [0.25, 0.3) is 0 Å². The number of ketones is 1.